The molecule has 0 aromatic carbocycles. The summed E-state index contributed by atoms with van der Waals surface area (Å²) in [4.78, 5) is 0. The fourth-order valence-electron chi connectivity index (χ4n) is 2.15. The van der Waals surface area contributed by atoms with Gasteiger partial charge in [-0.15, -0.1) is 0 Å². The summed E-state index contributed by atoms with van der Waals surface area (Å²) < 4.78 is 26.5. The van der Waals surface area contributed by atoms with Gasteiger partial charge in [0.05, 0.1) is 5.25 Å². The van der Waals surface area contributed by atoms with Crippen LogP contribution in [0.2, 0.25) is 0 Å². The molecule has 0 unspecified atom stereocenters. The summed E-state index contributed by atoms with van der Waals surface area (Å²) in [7, 11) is -3.05. The zero-order chi connectivity index (χ0) is 11.9. The molecule has 0 saturated heterocycles. The van der Waals surface area contributed by atoms with Crippen molar-refractivity contribution < 1.29 is 8.42 Å². The van der Waals surface area contributed by atoms with Gasteiger partial charge in [0.15, 0.2) is 0 Å². The van der Waals surface area contributed by atoms with Crippen LogP contribution >= 0.6 is 0 Å². The fraction of sp³-hybridized carbons (Fsp3) is 1.00. The molecule has 0 amide bonds. The van der Waals surface area contributed by atoms with Crippen LogP contribution in [0, 0.1) is 0 Å². The van der Waals surface area contributed by atoms with E-state index in [1.165, 1.54) is 6.42 Å². The summed E-state index contributed by atoms with van der Waals surface area (Å²) in [5.74, 6) is 0. The van der Waals surface area contributed by atoms with Gasteiger partial charge < -0.3 is 5.73 Å². The Labute approximate surface area is 99.0 Å². The van der Waals surface area contributed by atoms with Gasteiger partial charge in [-0.2, -0.15) is 0 Å². The monoisotopic (exact) mass is 248 g/mol. The van der Waals surface area contributed by atoms with Crippen LogP contribution in [0.4, 0.5) is 0 Å². The van der Waals surface area contributed by atoms with Gasteiger partial charge >= 0.3 is 0 Å². The summed E-state index contributed by atoms with van der Waals surface area (Å²) in [6, 6.07) is 0. The van der Waals surface area contributed by atoms with Crippen molar-refractivity contribution in [3.05, 3.63) is 0 Å². The minimum absolute atomic E-state index is 0.143. The number of sulfonamides is 1. The molecule has 16 heavy (non-hydrogen) atoms. The first-order valence-corrected chi connectivity index (χ1v) is 7.90. The van der Waals surface area contributed by atoms with Crippen molar-refractivity contribution in [2.45, 2.75) is 56.6 Å². The molecule has 1 saturated carbocycles. The fourth-order valence-corrected chi connectivity index (χ4v) is 3.77. The third kappa shape index (κ3) is 4.80. The highest BCUT2D eigenvalue weighted by Crippen LogP contribution is 2.22. The Morgan fingerprint density at radius 3 is 2.38 bits per heavy atom. The largest absolute Gasteiger partial charge is 0.330 e. The number of unbranched alkanes of at least 4 members (excludes halogenated alkanes) is 2. The van der Waals surface area contributed by atoms with E-state index in [1.807, 2.05) is 0 Å². The normalized spacial score (nSPS) is 18.8. The van der Waals surface area contributed by atoms with Crippen molar-refractivity contribution in [1.82, 2.24) is 4.72 Å². The third-order valence-electron chi connectivity index (χ3n) is 3.18. The van der Waals surface area contributed by atoms with Crippen LogP contribution in [0.25, 0.3) is 0 Å². The molecule has 3 N–H and O–H groups in total. The number of rotatable bonds is 7. The highest BCUT2D eigenvalue weighted by Gasteiger charge is 2.26. The molecule has 0 aromatic rings. The van der Waals surface area contributed by atoms with E-state index in [-0.39, 0.29) is 5.25 Å². The second-order valence-electron chi connectivity index (χ2n) is 4.55. The molecule has 0 atom stereocenters. The molecule has 1 aliphatic carbocycles. The molecular formula is C11H24N2O2S. The predicted octanol–water partition coefficient (Wildman–Crippen LogP) is 1.37. The second-order valence-corrected chi connectivity index (χ2v) is 6.59. The van der Waals surface area contributed by atoms with E-state index in [0.717, 1.165) is 44.9 Å². The SMILES string of the molecule is NCCCCCNS(=O)(=O)C1CCCCC1. The van der Waals surface area contributed by atoms with Crippen molar-refractivity contribution >= 4 is 10.0 Å². The van der Waals surface area contributed by atoms with Crippen LogP contribution in [0.5, 0.6) is 0 Å². The molecule has 0 radical (unpaired) electrons. The standard InChI is InChI=1S/C11H24N2O2S/c12-9-5-2-6-10-13-16(14,15)11-7-3-1-4-8-11/h11,13H,1-10,12H2. The highest BCUT2D eigenvalue weighted by molar-refractivity contribution is 7.90. The van der Waals surface area contributed by atoms with Gasteiger partial charge in [-0.25, -0.2) is 13.1 Å². The zero-order valence-corrected chi connectivity index (χ0v) is 10.8. The Kier molecular flexibility index (Phi) is 6.31. The van der Waals surface area contributed by atoms with Gasteiger partial charge in [-0.1, -0.05) is 25.7 Å². The predicted molar refractivity (Wildman–Crippen MR) is 66.7 cm³/mol. The van der Waals surface area contributed by atoms with Gasteiger partial charge in [0.25, 0.3) is 0 Å². The van der Waals surface area contributed by atoms with Gasteiger partial charge in [-0.3, -0.25) is 0 Å². The topological polar surface area (TPSA) is 72.2 Å². The molecule has 0 aliphatic heterocycles. The minimum atomic E-state index is -3.05. The van der Waals surface area contributed by atoms with Crippen molar-refractivity contribution in [3.8, 4) is 0 Å². The van der Waals surface area contributed by atoms with E-state index in [2.05, 4.69) is 4.72 Å². The van der Waals surface area contributed by atoms with Gasteiger partial charge in [0.2, 0.25) is 10.0 Å². The van der Waals surface area contributed by atoms with E-state index in [1.54, 1.807) is 0 Å². The number of nitrogens with one attached hydrogen (secondary N) is 1. The first-order chi connectivity index (χ1) is 7.67. The average molecular weight is 248 g/mol. The summed E-state index contributed by atoms with van der Waals surface area (Å²) in [6.45, 7) is 1.26. The quantitative estimate of drug-likeness (QED) is 0.668. The molecule has 5 heteroatoms. The lowest BCUT2D eigenvalue weighted by molar-refractivity contribution is 0.476. The Bertz CT molecular complexity index is 272. The molecule has 1 rings (SSSR count). The van der Waals surface area contributed by atoms with Crippen LogP contribution in [0.1, 0.15) is 51.4 Å². The molecule has 4 nitrogen and oxygen atoms in total. The van der Waals surface area contributed by atoms with E-state index >= 15 is 0 Å². The maximum Gasteiger partial charge on any atom is 0.214 e. The first-order valence-electron chi connectivity index (χ1n) is 6.35. The molecule has 0 spiro atoms. The van der Waals surface area contributed by atoms with Crippen molar-refractivity contribution in [2.24, 2.45) is 5.73 Å². The molecule has 0 heterocycles. The van der Waals surface area contributed by atoms with E-state index in [0.29, 0.717) is 13.1 Å². The first kappa shape index (κ1) is 13.9. The van der Waals surface area contributed by atoms with Crippen LogP contribution in [0.15, 0.2) is 0 Å². The Morgan fingerprint density at radius 1 is 1.06 bits per heavy atom. The summed E-state index contributed by atoms with van der Waals surface area (Å²) in [5, 5.41) is -0.143. The average Bonchev–Trinajstić information content (AvgIpc) is 2.30. The molecule has 1 fully saturated rings. The Hall–Kier alpha value is -0.130. The second kappa shape index (κ2) is 7.25. The van der Waals surface area contributed by atoms with E-state index in [9.17, 15) is 8.42 Å². The Morgan fingerprint density at radius 2 is 1.75 bits per heavy atom. The van der Waals surface area contributed by atoms with Crippen molar-refractivity contribution in [3.63, 3.8) is 0 Å². The summed E-state index contributed by atoms with van der Waals surface area (Å²) in [6.07, 6.45) is 7.83. The Balaban J connectivity index is 2.22. The summed E-state index contributed by atoms with van der Waals surface area (Å²) >= 11 is 0. The number of hydrogen-bond donors (Lipinski definition) is 2. The molecule has 0 aromatic heterocycles. The lowest BCUT2D eigenvalue weighted by Gasteiger charge is -2.21. The number of hydrogen-bond acceptors (Lipinski definition) is 3. The van der Waals surface area contributed by atoms with Crippen LogP contribution in [-0.2, 0) is 10.0 Å². The molecule has 1 aliphatic rings. The van der Waals surface area contributed by atoms with Gasteiger partial charge in [-0.05, 0) is 32.2 Å². The van der Waals surface area contributed by atoms with Crippen LogP contribution < -0.4 is 10.5 Å². The maximum absolute atomic E-state index is 11.9. The van der Waals surface area contributed by atoms with Crippen molar-refractivity contribution in [1.29, 1.82) is 0 Å². The third-order valence-corrected chi connectivity index (χ3v) is 5.13. The smallest absolute Gasteiger partial charge is 0.214 e. The van der Waals surface area contributed by atoms with E-state index in [4.69, 9.17) is 5.73 Å². The summed E-state index contributed by atoms with van der Waals surface area (Å²) in [5.41, 5.74) is 5.37. The lowest BCUT2D eigenvalue weighted by Crippen LogP contribution is -2.36. The van der Waals surface area contributed by atoms with Gasteiger partial charge in [0, 0.05) is 6.54 Å². The van der Waals surface area contributed by atoms with Gasteiger partial charge in [0.1, 0.15) is 0 Å². The molecule has 96 valence electrons. The molecular weight excluding hydrogens is 224 g/mol. The highest BCUT2D eigenvalue weighted by atomic mass is 32.2. The molecule has 0 bridgehead atoms. The zero-order valence-electron chi connectivity index (χ0n) is 9.95. The van der Waals surface area contributed by atoms with Crippen LogP contribution in [-0.4, -0.2) is 26.8 Å². The van der Waals surface area contributed by atoms with E-state index < -0.39 is 10.0 Å². The lowest BCUT2D eigenvalue weighted by atomic mass is 10.0. The minimum Gasteiger partial charge on any atom is -0.330 e. The number of nitrogens with two attached hydrogens (primary N) is 1. The maximum atomic E-state index is 11.9. The van der Waals surface area contributed by atoms with Crippen molar-refractivity contribution in [2.75, 3.05) is 13.1 Å². The van der Waals surface area contributed by atoms with Crippen LogP contribution in [0.3, 0.4) is 0 Å².